The molecular weight excluding hydrogens is 320 g/mol. The lowest BCUT2D eigenvalue weighted by Crippen LogP contribution is -2.56. The van der Waals surface area contributed by atoms with Crippen LogP contribution in [0.4, 0.5) is 0 Å². The molecular formula is C20H22O5. The summed E-state index contributed by atoms with van der Waals surface area (Å²) in [5, 5.41) is 10.4. The van der Waals surface area contributed by atoms with Gasteiger partial charge in [0.1, 0.15) is 18.3 Å². The number of aliphatic hydroxyl groups is 1. The predicted octanol–water partition coefficient (Wildman–Crippen LogP) is 2.46. The molecule has 3 rings (SSSR count). The van der Waals surface area contributed by atoms with Crippen LogP contribution in [-0.4, -0.2) is 35.5 Å². The highest BCUT2D eigenvalue weighted by Gasteiger charge is 2.45. The quantitative estimate of drug-likeness (QED) is 0.817. The Hall–Kier alpha value is -2.21. The molecule has 1 saturated heterocycles. The van der Waals surface area contributed by atoms with E-state index in [1.54, 1.807) is 6.92 Å². The molecule has 1 N–H and O–H groups in total. The fourth-order valence-corrected chi connectivity index (χ4v) is 2.78. The lowest BCUT2D eigenvalue weighted by molar-refractivity contribution is -0.219. The van der Waals surface area contributed by atoms with Crippen molar-refractivity contribution in [3.8, 4) is 0 Å². The van der Waals surface area contributed by atoms with Crippen LogP contribution in [0.25, 0.3) is 0 Å². The maximum Gasteiger partial charge on any atom is 0.338 e. The van der Waals surface area contributed by atoms with Gasteiger partial charge in [-0.2, -0.15) is 0 Å². The summed E-state index contributed by atoms with van der Waals surface area (Å²) in [4.78, 5) is 12.3. The summed E-state index contributed by atoms with van der Waals surface area (Å²) in [6.07, 6.45) is -3.32. The number of cyclic esters (lactones) is 1. The van der Waals surface area contributed by atoms with Gasteiger partial charge in [-0.15, -0.1) is 0 Å². The number of aliphatic hydroxyl groups excluding tert-OH is 1. The second-order valence-electron chi connectivity index (χ2n) is 6.11. The molecule has 4 atom stereocenters. The second kappa shape index (κ2) is 8.25. The Morgan fingerprint density at radius 3 is 2.00 bits per heavy atom. The van der Waals surface area contributed by atoms with Crippen molar-refractivity contribution in [2.45, 2.75) is 44.6 Å². The molecule has 25 heavy (non-hydrogen) atoms. The minimum absolute atomic E-state index is 0.243. The van der Waals surface area contributed by atoms with Crippen molar-refractivity contribution in [3.63, 3.8) is 0 Å². The zero-order valence-corrected chi connectivity index (χ0v) is 14.1. The Labute approximate surface area is 147 Å². The summed E-state index contributed by atoms with van der Waals surface area (Å²) in [5.74, 6) is -0.508. The number of esters is 1. The number of benzene rings is 2. The third-order valence-corrected chi connectivity index (χ3v) is 4.21. The van der Waals surface area contributed by atoms with E-state index >= 15 is 0 Å². The van der Waals surface area contributed by atoms with Crippen molar-refractivity contribution in [1.29, 1.82) is 0 Å². The van der Waals surface area contributed by atoms with Crippen molar-refractivity contribution in [1.82, 2.24) is 0 Å². The molecule has 5 heteroatoms. The Morgan fingerprint density at radius 2 is 1.44 bits per heavy atom. The molecule has 0 amide bonds. The molecule has 1 aliphatic rings. The SMILES string of the molecule is CC1OC(=O)C(OCc2ccccc2)C(OCc2ccccc2)C1O. The lowest BCUT2D eigenvalue weighted by Gasteiger charge is -2.37. The maximum atomic E-state index is 12.3. The molecule has 4 unspecified atom stereocenters. The average molecular weight is 342 g/mol. The summed E-state index contributed by atoms with van der Waals surface area (Å²) in [6, 6.07) is 19.1. The van der Waals surface area contributed by atoms with E-state index in [0.29, 0.717) is 0 Å². The van der Waals surface area contributed by atoms with Crippen LogP contribution in [0.1, 0.15) is 18.1 Å². The van der Waals surface area contributed by atoms with Crippen LogP contribution in [0.3, 0.4) is 0 Å². The summed E-state index contributed by atoms with van der Waals surface area (Å²) < 4.78 is 16.8. The minimum Gasteiger partial charge on any atom is -0.458 e. The van der Waals surface area contributed by atoms with Crippen LogP contribution in [-0.2, 0) is 32.2 Å². The fraction of sp³-hybridized carbons (Fsp3) is 0.350. The van der Waals surface area contributed by atoms with Gasteiger partial charge in [-0.1, -0.05) is 60.7 Å². The molecule has 2 aromatic carbocycles. The first-order valence-corrected chi connectivity index (χ1v) is 8.35. The second-order valence-corrected chi connectivity index (χ2v) is 6.11. The van der Waals surface area contributed by atoms with E-state index in [9.17, 15) is 9.90 Å². The van der Waals surface area contributed by atoms with Crippen LogP contribution < -0.4 is 0 Å². The van der Waals surface area contributed by atoms with Crippen LogP contribution in [0, 0.1) is 0 Å². The van der Waals surface area contributed by atoms with E-state index in [4.69, 9.17) is 14.2 Å². The normalized spacial score (nSPS) is 26.2. The molecule has 5 nitrogen and oxygen atoms in total. The number of carbonyl (C=O) groups is 1. The van der Waals surface area contributed by atoms with Gasteiger partial charge in [0.25, 0.3) is 0 Å². The van der Waals surface area contributed by atoms with Crippen LogP contribution in [0.15, 0.2) is 60.7 Å². The van der Waals surface area contributed by atoms with Gasteiger partial charge >= 0.3 is 5.97 Å². The van der Waals surface area contributed by atoms with Crippen molar-refractivity contribution in [3.05, 3.63) is 71.8 Å². The molecule has 1 aliphatic heterocycles. The average Bonchev–Trinajstić information content (AvgIpc) is 2.64. The van der Waals surface area contributed by atoms with Crippen LogP contribution >= 0.6 is 0 Å². The first-order valence-electron chi connectivity index (χ1n) is 8.35. The number of carbonyl (C=O) groups excluding carboxylic acids is 1. The first kappa shape index (κ1) is 17.6. The summed E-state index contributed by atoms with van der Waals surface area (Å²) in [6.45, 7) is 2.18. The zero-order chi connectivity index (χ0) is 17.6. The van der Waals surface area contributed by atoms with Gasteiger partial charge in [0.05, 0.1) is 13.2 Å². The van der Waals surface area contributed by atoms with Crippen LogP contribution in [0.5, 0.6) is 0 Å². The predicted molar refractivity (Wildman–Crippen MR) is 91.6 cm³/mol. The molecule has 0 radical (unpaired) electrons. The topological polar surface area (TPSA) is 65.0 Å². The Morgan fingerprint density at radius 1 is 0.920 bits per heavy atom. The number of ether oxygens (including phenoxy) is 3. The molecule has 0 aromatic heterocycles. The molecule has 0 aliphatic carbocycles. The number of rotatable bonds is 6. The molecule has 1 heterocycles. The van der Waals surface area contributed by atoms with Gasteiger partial charge in [-0.25, -0.2) is 4.79 Å². The van der Waals surface area contributed by atoms with Gasteiger partial charge in [-0.3, -0.25) is 0 Å². The van der Waals surface area contributed by atoms with E-state index in [-0.39, 0.29) is 13.2 Å². The molecule has 1 fully saturated rings. The molecule has 2 aromatic rings. The van der Waals surface area contributed by atoms with Gasteiger partial charge in [-0.05, 0) is 18.1 Å². The molecule has 0 saturated carbocycles. The Bertz CT molecular complexity index is 673. The third-order valence-electron chi connectivity index (χ3n) is 4.21. The smallest absolute Gasteiger partial charge is 0.338 e. The monoisotopic (exact) mass is 342 g/mol. The lowest BCUT2D eigenvalue weighted by atomic mass is 10.00. The van der Waals surface area contributed by atoms with E-state index in [2.05, 4.69) is 0 Å². The molecule has 0 bridgehead atoms. The fourth-order valence-electron chi connectivity index (χ4n) is 2.78. The standard InChI is InChI=1S/C20H22O5/c1-14-17(21)18(23-12-15-8-4-2-5-9-15)19(20(22)25-14)24-13-16-10-6-3-7-11-16/h2-11,14,17-19,21H,12-13H2,1H3. The van der Waals surface area contributed by atoms with Gasteiger partial charge in [0, 0.05) is 0 Å². The van der Waals surface area contributed by atoms with Gasteiger partial charge in [0.15, 0.2) is 6.10 Å². The highest BCUT2D eigenvalue weighted by molar-refractivity contribution is 5.76. The van der Waals surface area contributed by atoms with E-state index in [0.717, 1.165) is 11.1 Å². The minimum atomic E-state index is -0.963. The largest absolute Gasteiger partial charge is 0.458 e. The Balaban J connectivity index is 1.68. The zero-order valence-electron chi connectivity index (χ0n) is 14.1. The summed E-state index contributed by atoms with van der Waals surface area (Å²) in [7, 11) is 0. The van der Waals surface area contributed by atoms with Gasteiger partial charge in [0.2, 0.25) is 0 Å². The molecule has 0 spiro atoms. The number of hydrogen-bond donors (Lipinski definition) is 1. The first-order chi connectivity index (χ1) is 12.1. The third kappa shape index (κ3) is 4.45. The summed E-state index contributed by atoms with van der Waals surface area (Å²) >= 11 is 0. The van der Waals surface area contributed by atoms with Crippen molar-refractivity contribution >= 4 is 5.97 Å². The molecule has 132 valence electrons. The van der Waals surface area contributed by atoms with E-state index < -0.39 is 30.4 Å². The van der Waals surface area contributed by atoms with Gasteiger partial charge < -0.3 is 19.3 Å². The van der Waals surface area contributed by atoms with E-state index in [1.165, 1.54) is 0 Å². The Kier molecular flexibility index (Phi) is 5.81. The maximum absolute atomic E-state index is 12.3. The summed E-state index contributed by atoms with van der Waals surface area (Å²) in [5.41, 5.74) is 1.90. The van der Waals surface area contributed by atoms with Crippen molar-refractivity contribution in [2.24, 2.45) is 0 Å². The van der Waals surface area contributed by atoms with Crippen molar-refractivity contribution < 1.29 is 24.1 Å². The van der Waals surface area contributed by atoms with E-state index in [1.807, 2.05) is 60.7 Å². The highest BCUT2D eigenvalue weighted by Crippen LogP contribution is 2.24. The van der Waals surface area contributed by atoms with Crippen molar-refractivity contribution in [2.75, 3.05) is 0 Å². The van der Waals surface area contributed by atoms with Crippen LogP contribution in [0.2, 0.25) is 0 Å². The number of hydrogen-bond acceptors (Lipinski definition) is 5. The highest BCUT2D eigenvalue weighted by atomic mass is 16.6.